The van der Waals surface area contributed by atoms with Gasteiger partial charge in [0.25, 0.3) is 0 Å². The van der Waals surface area contributed by atoms with Gasteiger partial charge in [0.15, 0.2) is 17.3 Å². The lowest BCUT2D eigenvalue weighted by molar-refractivity contribution is 0.355. The summed E-state index contributed by atoms with van der Waals surface area (Å²) in [6.07, 6.45) is 2.68. The summed E-state index contributed by atoms with van der Waals surface area (Å²) in [7, 11) is 3.21. The Labute approximate surface area is 158 Å². The Hall–Kier alpha value is -3.35. The number of hydrogen-bond donors (Lipinski definition) is 1. The molecule has 1 aliphatic heterocycles. The van der Waals surface area contributed by atoms with E-state index in [-0.39, 0.29) is 0 Å². The van der Waals surface area contributed by atoms with E-state index < -0.39 is 0 Å². The normalized spacial score (nSPS) is 15.4. The molecule has 2 heterocycles. The van der Waals surface area contributed by atoms with Crippen LogP contribution in [0.1, 0.15) is 12.5 Å². The van der Waals surface area contributed by atoms with Gasteiger partial charge in [0.1, 0.15) is 0 Å². The summed E-state index contributed by atoms with van der Waals surface area (Å²) in [4.78, 5) is 6.86. The van der Waals surface area contributed by atoms with Gasteiger partial charge < -0.3 is 19.7 Å². The van der Waals surface area contributed by atoms with E-state index in [0.717, 1.165) is 17.9 Å². The lowest BCUT2D eigenvalue weighted by atomic mass is 10.1. The van der Waals surface area contributed by atoms with E-state index in [1.807, 2.05) is 24.3 Å². The molecule has 1 aliphatic rings. The van der Waals surface area contributed by atoms with E-state index in [4.69, 9.17) is 9.47 Å². The monoisotopic (exact) mass is 363 g/mol. The van der Waals surface area contributed by atoms with E-state index in [1.165, 1.54) is 11.3 Å². The first kappa shape index (κ1) is 17.1. The van der Waals surface area contributed by atoms with Crippen LogP contribution in [0.2, 0.25) is 0 Å². The van der Waals surface area contributed by atoms with Gasteiger partial charge in [0.2, 0.25) is 5.95 Å². The Morgan fingerprint density at radius 2 is 1.89 bits per heavy atom. The average molecular weight is 363 g/mol. The molecule has 0 spiro atoms. The Kier molecular flexibility index (Phi) is 4.50. The lowest BCUT2D eigenvalue weighted by Gasteiger charge is -2.23. The van der Waals surface area contributed by atoms with Crippen LogP contribution in [0.25, 0.3) is 0 Å². The van der Waals surface area contributed by atoms with Gasteiger partial charge in [0, 0.05) is 23.5 Å². The molecule has 3 aromatic rings. The number of nitrogens with one attached hydrogen (secondary N) is 1. The average Bonchev–Trinajstić information content (AvgIpc) is 3.03. The fourth-order valence-electron chi connectivity index (χ4n) is 3.42. The number of anilines is 4. The number of benzene rings is 2. The number of para-hydroxylation sites is 1. The van der Waals surface area contributed by atoms with Gasteiger partial charge >= 0.3 is 0 Å². The van der Waals surface area contributed by atoms with Gasteiger partial charge in [0.05, 0.1) is 20.4 Å². The number of hydrogen-bond acceptors (Lipinski definition) is 7. The SMILES string of the molecule is COc1ccc(Nc2nncc(N3c4ccccc4CC3C)n2)cc1OC. The molecule has 4 rings (SSSR count). The summed E-state index contributed by atoms with van der Waals surface area (Å²) in [5, 5.41) is 11.4. The van der Waals surface area contributed by atoms with Crippen LogP contribution in [0.5, 0.6) is 11.5 Å². The van der Waals surface area contributed by atoms with Crippen LogP contribution in [0.4, 0.5) is 23.1 Å². The van der Waals surface area contributed by atoms with Crippen molar-refractivity contribution in [2.24, 2.45) is 0 Å². The second-order valence-electron chi connectivity index (χ2n) is 6.38. The van der Waals surface area contributed by atoms with E-state index in [0.29, 0.717) is 23.5 Å². The molecule has 0 radical (unpaired) electrons. The molecule has 0 bridgehead atoms. The van der Waals surface area contributed by atoms with Crippen LogP contribution in [0.15, 0.2) is 48.7 Å². The number of nitrogens with zero attached hydrogens (tertiary/aromatic N) is 4. The van der Waals surface area contributed by atoms with Crippen molar-refractivity contribution in [3.8, 4) is 11.5 Å². The van der Waals surface area contributed by atoms with Crippen molar-refractivity contribution >= 4 is 23.1 Å². The van der Waals surface area contributed by atoms with Crippen molar-refractivity contribution in [3.05, 3.63) is 54.2 Å². The van der Waals surface area contributed by atoms with Crippen molar-refractivity contribution in [2.75, 3.05) is 24.4 Å². The zero-order valence-corrected chi connectivity index (χ0v) is 15.5. The minimum absolute atomic E-state index is 0.313. The smallest absolute Gasteiger partial charge is 0.249 e. The number of aromatic nitrogens is 3. The van der Waals surface area contributed by atoms with Gasteiger partial charge in [-0.25, -0.2) is 0 Å². The number of fused-ring (bicyclic) bond motifs is 1. The van der Waals surface area contributed by atoms with Crippen LogP contribution in [0, 0.1) is 0 Å². The Morgan fingerprint density at radius 3 is 2.70 bits per heavy atom. The zero-order chi connectivity index (χ0) is 18.8. The fraction of sp³-hybridized carbons (Fsp3) is 0.250. The molecule has 7 nitrogen and oxygen atoms in total. The largest absolute Gasteiger partial charge is 0.493 e. The van der Waals surface area contributed by atoms with Crippen molar-refractivity contribution in [1.82, 2.24) is 15.2 Å². The molecule has 138 valence electrons. The highest BCUT2D eigenvalue weighted by Crippen LogP contribution is 2.37. The maximum Gasteiger partial charge on any atom is 0.249 e. The summed E-state index contributed by atoms with van der Waals surface area (Å²) >= 11 is 0. The fourth-order valence-corrected chi connectivity index (χ4v) is 3.42. The van der Waals surface area contributed by atoms with Crippen LogP contribution < -0.4 is 19.7 Å². The molecule has 1 unspecified atom stereocenters. The second-order valence-corrected chi connectivity index (χ2v) is 6.38. The Morgan fingerprint density at radius 1 is 1.07 bits per heavy atom. The van der Waals surface area contributed by atoms with Crippen LogP contribution >= 0.6 is 0 Å². The van der Waals surface area contributed by atoms with Gasteiger partial charge in [-0.1, -0.05) is 18.2 Å². The van der Waals surface area contributed by atoms with Crippen molar-refractivity contribution in [2.45, 2.75) is 19.4 Å². The molecule has 1 N–H and O–H groups in total. The maximum atomic E-state index is 5.34. The molecule has 2 aromatic carbocycles. The Bertz CT molecular complexity index is 963. The number of rotatable bonds is 5. The van der Waals surface area contributed by atoms with Crippen molar-refractivity contribution < 1.29 is 9.47 Å². The molecule has 0 saturated heterocycles. The topological polar surface area (TPSA) is 72.4 Å². The predicted molar refractivity (Wildman–Crippen MR) is 104 cm³/mol. The molecule has 1 aromatic heterocycles. The van der Waals surface area contributed by atoms with Crippen LogP contribution in [0.3, 0.4) is 0 Å². The van der Waals surface area contributed by atoms with E-state index in [9.17, 15) is 0 Å². The van der Waals surface area contributed by atoms with Crippen molar-refractivity contribution in [3.63, 3.8) is 0 Å². The third kappa shape index (κ3) is 3.23. The van der Waals surface area contributed by atoms with Gasteiger partial charge in [-0.3, -0.25) is 0 Å². The van der Waals surface area contributed by atoms with Crippen LogP contribution in [-0.2, 0) is 6.42 Å². The number of ether oxygens (including phenoxy) is 2. The predicted octanol–water partition coefficient (Wildman–Crippen LogP) is 3.72. The molecular weight excluding hydrogens is 342 g/mol. The summed E-state index contributed by atoms with van der Waals surface area (Å²) < 4.78 is 10.6. The van der Waals surface area contributed by atoms with E-state index in [1.54, 1.807) is 20.4 Å². The molecule has 27 heavy (non-hydrogen) atoms. The summed E-state index contributed by atoms with van der Waals surface area (Å²) in [5.74, 6) is 2.49. The van der Waals surface area contributed by atoms with Gasteiger partial charge in [-0.15, -0.1) is 5.10 Å². The molecule has 0 amide bonds. The molecule has 0 aliphatic carbocycles. The maximum absolute atomic E-state index is 5.34. The summed E-state index contributed by atoms with van der Waals surface area (Å²) in [6, 6.07) is 14.2. The standard InChI is InChI=1S/C20H21N5O2/c1-13-10-14-6-4-5-7-16(14)25(13)19-12-21-24-20(23-19)22-15-8-9-17(26-2)18(11-15)27-3/h4-9,11-13H,10H2,1-3H3,(H,22,23,24). The lowest BCUT2D eigenvalue weighted by Crippen LogP contribution is -2.25. The quantitative estimate of drug-likeness (QED) is 0.741. The first-order valence-corrected chi connectivity index (χ1v) is 8.75. The highest BCUT2D eigenvalue weighted by atomic mass is 16.5. The highest BCUT2D eigenvalue weighted by molar-refractivity contribution is 5.69. The van der Waals surface area contributed by atoms with E-state index in [2.05, 4.69) is 50.5 Å². The third-order valence-electron chi connectivity index (χ3n) is 4.64. The molecule has 0 fully saturated rings. The minimum Gasteiger partial charge on any atom is -0.493 e. The van der Waals surface area contributed by atoms with Crippen LogP contribution in [-0.4, -0.2) is 35.4 Å². The molecule has 1 atom stereocenters. The molecule has 0 saturated carbocycles. The first-order valence-electron chi connectivity index (χ1n) is 8.75. The molecule has 7 heteroatoms. The Balaban J connectivity index is 1.62. The van der Waals surface area contributed by atoms with Crippen molar-refractivity contribution in [1.29, 1.82) is 0 Å². The van der Waals surface area contributed by atoms with Gasteiger partial charge in [-0.05, 0) is 37.1 Å². The van der Waals surface area contributed by atoms with Gasteiger partial charge in [-0.2, -0.15) is 10.1 Å². The van der Waals surface area contributed by atoms with E-state index >= 15 is 0 Å². The first-order chi connectivity index (χ1) is 13.2. The number of methoxy groups -OCH3 is 2. The molecular formula is C20H21N5O2. The highest BCUT2D eigenvalue weighted by Gasteiger charge is 2.28. The second kappa shape index (κ2) is 7.11. The third-order valence-corrected chi connectivity index (χ3v) is 4.64. The zero-order valence-electron chi connectivity index (χ0n) is 15.5. The minimum atomic E-state index is 0.313. The summed E-state index contributed by atoms with van der Waals surface area (Å²) in [6.45, 7) is 2.18. The summed E-state index contributed by atoms with van der Waals surface area (Å²) in [5.41, 5.74) is 3.28.